The summed E-state index contributed by atoms with van der Waals surface area (Å²) in [6.45, 7) is 0.288. The van der Waals surface area contributed by atoms with E-state index < -0.39 is 12.0 Å². The lowest BCUT2D eigenvalue weighted by Gasteiger charge is -2.19. The predicted octanol–water partition coefficient (Wildman–Crippen LogP) is -0.137. The molecule has 4 N–H and O–H groups in total. The molecule has 1 heterocycles. The average molecular weight is 183 g/mol. The molecule has 5 nitrogen and oxygen atoms in total. The second-order valence-corrected chi connectivity index (χ2v) is 2.88. The third-order valence-corrected chi connectivity index (χ3v) is 1.78. The Labute approximate surface area is 76.2 Å². The normalized spacial score (nSPS) is 12.5. The van der Waals surface area contributed by atoms with Gasteiger partial charge in [-0.05, 0) is 12.1 Å². The molecule has 0 aliphatic heterocycles. The quantitative estimate of drug-likeness (QED) is 0.607. The van der Waals surface area contributed by atoms with Crippen LogP contribution in [-0.2, 0) is 4.79 Å². The number of carboxylic acids is 1. The van der Waals surface area contributed by atoms with Crippen LogP contribution in [0.1, 0.15) is 0 Å². The topological polar surface area (TPSA) is 82.3 Å². The fourth-order valence-corrected chi connectivity index (χ4v) is 1.03. The fourth-order valence-electron chi connectivity index (χ4n) is 1.03. The molecule has 72 valence electrons. The number of anilines is 1. The number of carbonyl (C=O) groups is 1. The van der Waals surface area contributed by atoms with Crippen molar-refractivity contribution in [3.8, 4) is 0 Å². The van der Waals surface area contributed by atoms with Gasteiger partial charge in [-0.3, -0.25) is 4.79 Å². The molecule has 0 radical (unpaired) electrons. The lowest BCUT2D eigenvalue weighted by molar-refractivity contribution is -0.138. The number of nitrogens with two attached hydrogens (primary N) is 1. The molecule has 0 aromatic carbocycles. The van der Waals surface area contributed by atoms with Crippen molar-refractivity contribution < 1.29 is 9.90 Å². The van der Waals surface area contributed by atoms with Crippen molar-refractivity contribution in [3.05, 3.63) is 18.3 Å². The Hall–Kier alpha value is -1.49. The van der Waals surface area contributed by atoms with E-state index in [1.807, 2.05) is 12.1 Å². The minimum Gasteiger partial charge on any atom is -0.480 e. The third-order valence-electron chi connectivity index (χ3n) is 1.78. The first-order chi connectivity index (χ1) is 6.11. The summed E-state index contributed by atoms with van der Waals surface area (Å²) in [5.74, 6) is -0.130. The second-order valence-electron chi connectivity index (χ2n) is 2.88. The van der Waals surface area contributed by atoms with Gasteiger partial charge in [0, 0.05) is 19.8 Å². The predicted molar refractivity (Wildman–Crippen MR) is 49.7 cm³/mol. The van der Waals surface area contributed by atoms with E-state index in [0.29, 0.717) is 0 Å². The Morgan fingerprint density at radius 1 is 1.85 bits per heavy atom. The molecular formula is C8H13N3O2. The van der Waals surface area contributed by atoms with E-state index >= 15 is 0 Å². The van der Waals surface area contributed by atoms with E-state index in [1.54, 1.807) is 18.1 Å². The first-order valence-electron chi connectivity index (χ1n) is 3.94. The number of rotatable bonds is 4. The third kappa shape index (κ3) is 2.48. The standard InChI is InChI=1S/C8H13N3O2/c1-11(5-6(9)8(12)13)7-3-2-4-10-7/h2-4,6,10H,5,9H2,1H3,(H,12,13). The Morgan fingerprint density at radius 2 is 2.54 bits per heavy atom. The minimum absolute atomic E-state index is 0.288. The second kappa shape index (κ2) is 3.95. The van der Waals surface area contributed by atoms with Gasteiger partial charge >= 0.3 is 5.97 Å². The molecular weight excluding hydrogens is 170 g/mol. The van der Waals surface area contributed by atoms with E-state index in [9.17, 15) is 4.79 Å². The van der Waals surface area contributed by atoms with E-state index in [4.69, 9.17) is 10.8 Å². The number of hydrogen-bond donors (Lipinski definition) is 3. The number of carboxylic acid groups (broad SMARTS) is 1. The monoisotopic (exact) mass is 183 g/mol. The van der Waals surface area contributed by atoms with Gasteiger partial charge in [0.2, 0.25) is 0 Å². The van der Waals surface area contributed by atoms with Gasteiger partial charge in [-0.1, -0.05) is 0 Å². The van der Waals surface area contributed by atoms with E-state index in [0.717, 1.165) is 5.82 Å². The molecule has 1 aromatic rings. The van der Waals surface area contributed by atoms with Crippen LogP contribution in [0.5, 0.6) is 0 Å². The molecule has 0 saturated carbocycles. The number of H-pyrrole nitrogens is 1. The molecule has 0 bridgehead atoms. The van der Waals surface area contributed by atoms with Gasteiger partial charge in [0.1, 0.15) is 11.9 Å². The highest BCUT2D eigenvalue weighted by atomic mass is 16.4. The molecule has 1 rings (SSSR count). The highest BCUT2D eigenvalue weighted by Gasteiger charge is 2.14. The highest BCUT2D eigenvalue weighted by molar-refractivity contribution is 5.74. The van der Waals surface area contributed by atoms with Crippen molar-refractivity contribution >= 4 is 11.8 Å². The molecule has 1 unspecified atom stereocenters. The lowest BCUT2D eigenvalue weighted by Crippen LogP contribution is -2.41. The summed E-state index contributed by atoms with van der Waals surface area (Å²) >= 11 is 0. The zero-order valence-corrected chi connectivity index (χ0v) is 7.40. The average Bonchev–Trinajstić information content (AvgIpc) is 2.55. The summed E-state index contributed by atoms with van der Waals surface area (Å²) < 4.78 is 0. The molecule has 0 saturated heterocycles. The Morgan fingerprint density at radius 3 is 3.00 bits per heavy atom. The number of nitrogens with one attached hydrogen (secondary N) is 1. The van der Waals surface area contributed by atoms with Crippen molar-refractivity contribution in [1.82, 2.24) is 4.98 Å². The smallest absolute Gasteiger partial charge is 0.322 e. The zero-order valence-electron chi connectivity index (χ0n) is 7.40. The van der Waals surface area contributed by atoms with E-state index in [-0.39, 0.29) is 6.54 Å². The fraction of sp³-hybridized carbons (Fsp3) is 0.375. The first kappa shape index (κ1) is 9.60. The molecule has 0 amide bonds. The molecule has 1 aromatic heterocycles. The van der Waals surface area contributed by atoms with Gasteiger partial charge in [-0.2, -0.15) is 0 Å². The van der Waals surface area contributed by atoms with Gasteiger partial charge in [0.15, 0.2) is 0 Å². The van der Waals surface area contributed by atoms with Gasteiger partial charge in [-0.15, -0.1) is 0 Å². The number of aliphatic carboxylic acids is 1. The summed E-state index contributed by atoms with van der Waals surface area (Å²) in [7, 11) is 1.79. The van der Waals surface area contributed by atoms with Crippen LogP contribution in [0.25, 0.3) is 0 Å². The molecule has 0 aliphatic carbocycles. The SMILES string of the molecule is CN(CC(N)C(=O)O)c1ccc[nH]1. The summed E-state index contributed by atoms with van der Waals surface area (Å²) in [6.07, 6.45) is 1.78. The van der Waals surface area contributed by atoms with Crippen molar-refractivity contribution in [2.24, 2.45) is 5.73 Å². The first-order valence-corrected chi connectivity index (χ1v) is 3.94. The van der Waals surface area contributed by atoms with Crippen LogP contribution >= 0.6 is 0 Å². The van der Waals surface area contributed by atoms with Crippen molar-refractivity contribution in [2.75, 3.05) is 18.5 Å². The minimum atomic E-state index is -0.988. The van der Waals surface area contributed by atoms with Gasteiger partial charge in [0.05, 0.1) is 0 Å². The molecule has 5 heteroatoms. The summed E-state index contributed by atoms with van der Waals surface area (Å²) in [5.41, 5.74) is 5.37. The maximum atomic E-state index is 10.4. The van der Waals surface area contributed by atoms with Crippen LogP contribution in [0, 0.1) is 0 Å². The number of aromatic amines is 1. The van der Waals surface area contributed by atoms with Crippen molar-refractivity contribution in [3.63, 3.8) is 0 Å². The van der Waals surface area contributed by atoms with E-state index in [2.05, 4.69) is 4.98 Å². The van der Waals surface area contributed by atoms with Crippen LogP contribution in [-0.4, -0.2) is 35.7 Å². The summed E-state index contributed by atoms with van der Waals surface area (Å²) in [6, 6.07) is 2.85. The molecule has 13 heavy (non-hydrogen) atoms. The summed E-state index contributed by atoms with van der Waals surface area (Å²) in [4.78, 5) is 15.2. The van der Waals surface area contributed by atoms with E-state index in [1.165, 1.54) is 0 Å². The Kier molecular flexibility index (Phi) is 2.92. The molecule has 0 fully saturated rings. The summed E-state index contributed by atoms with van der Waals surface area (Å²) in [5, 5.41) is 8.57. The largest absolute Gasteiger partial charge is 0.480 e. The van der Waals surface area contributed by atoms with Crippen LogP contribution in [0.3, 0.4) is 0 Å². The maximum absolute atomic E-state index is 10.4. The number of aromatic nitrogens is 1. The van der Waals surface area contributed by atoms with Gasteiger partial charge < -0.3 is 20.7 Å². The van der Waals surface area contributed by atoms with Gasteiger partial charge in [0.25, 0.3) is 0 Å². The molecule has 1 atom stereocenters. The van der Waals surface area contributed by atoms with Crippen molar-refractivity contribution in [2.45, 2.75) is 6.04 Å². The van der Waals surface area contributed by atoms with Crippen LogP contribution in [0.15, 0.2) is 18.3 Å². The van der Waals surface area contributed by atoms with Crippen LogP contribution < -0.4 is 10.6 Å². The number of nitrogens with zero attached hydrogens (tertiary/aromatic N) is 1. The van der Waals surface area contributed by atoms with Crippen molar-refractivity contribution in [1.29, 1.82) is 0 Å². The lowest BCUT2D eigenvalue weighted by atomic mass is 10.3. The van der Waals surface area contributed by atoms with Gasteiger partial charge in [-0.25, -0.2) is 0 Å². The number of likely N-dealkylation sites (N-methyl/N-ethyl adjacent to an activating group) is 1. The zero-order chi connectivity index (χ0) is 9.84. The highest BCUT2D eigenvalue weighted by Crippen LogP contribution is 2.07. The maximum Gasteiger partial charge on any atom is 0.322 e. The molecule has 0 aliphatic rings. The van der Waals surface area contributed by atoms with Crippen LogP contribution in [0.2, 0.25) is 0 Å². The molecule has 0 spiro atoms. The van der Waals surface area contributed by atoms with Crippen LogP contribution in [0.4, 0.5) is 5.82 Å². The number of hydrogen-bond acceptors (Lipinski definition) is 3. The Balaban J connectivity index is 2.51. The Bertz CT molecular complexity index is 271.